The number of pyridine rings is 1. The molecule has 1 aromatic rings. The molecule has 0 aromatic carbocycles. The number of carbonyl (C=O) groups excluding carboxylic acids is 3. The highest BCUT2D eigenvalue weighted by atomic mass is 16.6. The molecule has 1 saturated heterocycles. The normalized spacial score (nSPS) is 18.3. The number of ether oxygens (including phenoxy) is 3. The zero-order chi connectivity index (χ0) is 32.7. The Labute approximate surface area is 264 Å². The molecule has 1 fully saturated rings. The van der Waals surface area contributed by atoms with Crippen LogP contribution in [-0.4, -0.2) is 113 Å². The molecular formula is C33H55N5O6. The van der Waals surface area contributed by atoms with E-state index in [1.165, 1.54) is 0 Å². The summed E-state index contributed by atoms with van der Waals surface area (Å²) in [6.45, 7) is 22.0. The van der Waals surface area contributed by atoms with E-state index in [0.29, 0.717) is 39.3 Å². The second-order valence-corrected chi connectivity index (χ2v) is 15.0. The molecule has 2 aliphatic rings. The van der Waals surface area contributed by atoms with Gasteiger partial charge in [0.1, 0.15) is 16.8 Å². The quantitative estimate of drug-likeness (QED) is 0.331. The Morgan fingerprint density at radius 3 is 1.30 bits per heavy atom. The van der Waals surface area contributed by atoms with Gasteiger partial charge in [-0.25, -0.2) is 0 Å². The summed E-state index contributed by atoms with van der Waals surface area (Å²) in [4.78, 5) is 52.2. The van der Waals surface area contributed by atoms with Gasteiger partial charge in [0.05, 0.1) is 31.0 Å². The van der Waals surface area contributed by atoms with Gasteiger partial charge in [-0.1, -0.05) is 0 Å². The van der Waals surface area contributed by atoms with Gasteiger partial charge in [0, 0.05) is 58.0 Å². The first kappa shape index (κ1) is 35.7. The van der Waals surface area contributed by atoms with Crippen LogP contribution in [0.3, 0.4) is 0 Å². The lowest BCUT2D eigenvalue weighted by molar-refractivity contribution is -0.158. The Bertz CT molecular complexity index is 1070. The SMILES string of the molecule is CC(C)(C)OC(=O)CN1CCN(CC(=O)OC(C)(C)C)Cc2cc(N3CCCC3)cc(n2)CN(CC(=O)OC(C)(C)C)CC1. The number of hydrogen-bond acceptors (Lipinski definition) is 11. The van der Waals surface area contributed by atoms with E-state index in [4.69, 9.17) is 19.2 Å². The molecular weight excluding hydrogens is 562 g/mol. The van der Waals surface area contributed by atoms with Crippen LogP contribution >= 0.6 is 0 Å². The fourth-order valence-electron chi connectivity index (χ4n) is 5.34. The van der Waals surface area contributed by atoms with Gasteiger partial charge in [-0.15, -0.1) is 0 Å². The van der Waals surface area contributed by atoms with Crippen molar-refractivity contribution in [1.82, 2.24) is 19.7 Å². The van der Waals surface area contributed by atoms with Crippen LogP contribution in [0, 0.1) is 0 Å². The summed E-state index contributed by atoms with van der Waals surface area (Å²) in [5.74, 6) is -0.922. The lowest BCUT2D eigenvalue weighted by Gasteiger charge is -2.32. The standard InChI is InChI=1S/C33H55N5O6/c1-31(2,3)42-28(39)22-35-14-16-36(23-29(40)43-32(4,5)6)20-25-18-27(38-12-10-11-13-38)19-26(34-25)21-37(17-15-35)24-30(41)44-33(7,8)9/h18-19H,10-17,20-24H2,1-9H3. The zero-order valence-corrected chi connectivity index (χ0v) is 28.5. The van der Waals surface area contributed by atoms with Crippen LogP contribution in [0.4, 0.5) is 5.69 Å². The van der Waals surface area contributed by atoms with Crippen molar-refractivity contribution in [2.24, 2.45) is 0 Å². The Morgan fingerprint density at radius 2 is 0.932 bits per heavy atom. The first-order valence-electron chi connectivity index (χ1n) is 15.9. The average Bonchev–Trinajstić information content (AvgIpc) is 3.36. The second kappa shape index (κ2) is 15.0. The maximum absolute atomic E-state index is 12.9. The van der Waals surface area contributed by atoms with Gasteiger partial charge in [0.25, 0.3) is 0 Å². The molecule has 3 rings (SSSR count). The van der Waals surface area contributed by atoms with E-state index in [0.717, 1.165) is 43.0 Å². The van der Waals surface area contributed by atoms with Crippen molar-refractivity contribution in [2.75, 3.05) is 63.8 Å². The van der Waals surface area contributed by atoms with Gasteiger partial charge >= 0.3 is 17.9 Å². The topological polar surface area (TPSA) is 105 Å². The number of fused-ring (bicyclic) bond motifs is 2. The fraction of sp³-hybridized carbons (Fsp3) is 0.758. The lowest BCUT2D eigenvalue weighted by atomic mass is 10.2. The predicted molar refractivity (Wildman–Crippen MR) is 170 cm³/mol. The van der Waals surface area contributed by atoms with E-state index in [-0.39, 0.29) is 37.5 Å². The molecule has 0 unspecified atom stereocenters. The highest BCUT2D eigenvalue weighted by Gasteiger charge is 2.26. The van der Waals surface area contributed by atoms with Crippen LogP contribution in [0.2, 0.25) is 0 Å². The number of nitrogens with zero attached hydrogens (tertiary/aromatic N) is 5. The minimum Gasteiger partial charge on any atom is -0.459 e. The van der Waals surface area contributed by atoms with Gasteiger partial charge in [0.2, 0.25) is 0 Å². The number of esters is 3. The predicted octanol–water partition coefficient (Wildman–Crippen LogP) is 3.63. The van der Waals surface area contributed by atoms with Crippen molar-refractivity contribution in [2.45, 2.75) is 105 Å². The van der Waals surface area contributed by atoms with Crippen LogP contribution in [0.1, 0.15) is 86.5 Å². The van der Waals surface area contributed by atoms with Crippen molar-refractivity contribution in [3.63, 3.8) is 0 Å². The van der Waals surface area contributed by atoms with Crippen LogP contribution in [0.15, 0.2) is 12.1 Å². The smallest absolute Gasteiger partial charge is 0.320 e. The Hall–Kier alpha value is -2.76. The molecule has 0 radical (unpaired) electrons. The largest absolute Gasteiger partial charge is 0.459 e. The average molecular weight is 618 g/mol. The monoisotopic (exact) mass is 617 g/mol. The number of carbonyl (C=O) groups is 3. The first-order chi connectivity index (χ1) is 20.3. The Kier molecular flexibility index (Phi) is 12.2. The highest BCUT2D eigenvalue weighted by Crippen LogP contribution is 2.24. The number of hydrogen-bond donors (Lipinski definition) is 0. The van der Waals surface area contributed by atoms with Crippen molar-refractivity contribution < 1.29 is 28.6 Å². The van der Waals surface area contributed by atoms with E-state index >= 15 is 0 Å². The van der Waals surface area contributed by atoms with E-state index in [1.807, 2.05) is 77.0 Å². The van der Waals surface area contributed by atoms with Crippen molar-refractivity contribution in [1.29, 1.82) is 0 Å². The molecule has 44 heavy (non-hydrogen) atoms. The van der Waals surface area contributed by atoms with Crippen LogP contribution < -0.4 is 4.90 Å². The molecule has 2 bridgehead atoms. The molecule has 0 amide bonds. The molecule has 3 heterocycles. The fourth-order valence-corrected chi connectivity index (χ4v) is 5.34. The maximum Gasteiger partial charge on any atom is 0.320 e. The summed E-state index contributed by atoms with van der Waals surface area (Å²) >= 11 is 0. The lowest BCUT2D eigenvalue weighted by Crippen LogP contribution is -2.45. The third kappa shape index (κ3) is 13.5. The molecule has 248 valence electrons. The van der Waals surface area contributed by atoms with Gasteiger partial charge in [0.15, 0.2) is 0 Å². The first-order valence-corrected chi connectivity index (χ1v) is 15.9. The Balaban J connectivity index is 1.93. The third-order valence-electron chi connectivity index (χ3n) is 6.94. The molecule has 2 aliphatic heterocycles. The summed E-state index contributed by atoms with van der Waals surface area (Å²) in [6.07, 6.45) is 2.30. The second-order valence-electron chi connectivity index (χ2n) is 15.0. The molecule has 11 heteroatoms. The molecule has 0 spiro atoms. The van der Waals surface area contributed by atoms with Crippen LogP contribution in [-0.2, 0) is 41.7 Å². The van der Waals surface area contributed by atoms with Crippen molar-refractivity contribution in [3.8, 4) is 0 Å². The van der Waals surface area contributed by atoms with Gasteiger partial charge in [-0.2, -0.15) is 0 Å². The van der Waals surface area contributed by atoms with Crippen molar-refractivity contribution >= 4 is 23.6 Å². The van der Waals surface area contributed by atoms with Gasteiger partial charge in [-0.3, -0.25) is 34.1 Å². The molecule has 0 saturated carbocycles. The summed E-state index contributed by atoms with van der Waals surface area (Å²) in [7, 11) is 0. The minimum absolute atomic E-state index is 0.0977. The number of anilines is 1. The number of rotatable bonds is 7. The third-order valence-corrected chi connectivity index (χ3v) is 6.94. The van der Waals surface area contributed by atoms with E-state index in [9.17, 15) is 14.4 Å². The molecule has 0 aliphatic carbocycles. The van der Waals surface area contributed by atoms with Gasteiger partial charge < -0.3 is 19.1 Å². The summed E-state index contributed by atoms with van der Waals surface area (Å²) in [6, 6.07) is 4.22. The summed E-state index contributed by atoms with van der Waals surface area (Å²) in [5.41, 5.74) is 1.03. The zero-order valence-electron chi connectivity index (χ0n) is 28.5. The van der Waals surface area contributed by atoms with Gasteiger partial charge in [-0.05, 0) is 87.3 Å². The maximum atomic E-state index is 12.9. The van der Waals surface area contributed by atoms with Crippen LogP contribution in [0.25, 0.3) is 0 Å². The molecule has 11 nitrogen and oxygen atoms in total. The van der Waals surface area contributed by atoms with Crippen molar-refractivity contribution in [3.05, 3.63) is 23.5 Å². The molecule has 0 atom stereocenters. The highest BCUT2D eigenvalue weighted by molar-refractivity contribution is 5.73. The van der Waals surface area contributed by atoms with E-state index in [2.05, 4.69) is 17.0 Å². The number of aromatic nitrogens is 1. The van der Waals surface area contributed by atoms with Crippen LogP contribution in [0.5, 0.6) is 0 Å². The Morgan fingerprint density at radius 1 is 0.591 bits per heavy atom. The molecule has 0 N–H and O–H groups in total. The summed E-state index contributed by atoms with van der Waals surface area (Å²) in [5, 5.41) is 0. The van der Waals surface area contributed by atoms with E-state index < -0.39 is 16.8 Å². The molecule has 1 aromatic heterocycles. The summed E-state index contributed by atoms with van der Waals surface area (Å²) < 4.78 is 16.9. The van der Waals surface area contributed by atoms with E-state index in [1.54, 1.807) is 0 Å². The minimum atomic E-state index is -0.601.